The predicted octanol–water partition coefficient (Wildman–Crippen LogP) is 2.43. The zero-order valence-electron chi connectivity index (χ0n) is 14.4. The highest BCUT2D eigenvalue weighted by Crippen LogP contribution is 2.45. The van der Waals surface area contributed by atoms with Crippen LogP contribution in [0.5, 0.6) is 11.5 Å². The molecule has 1 aromatic rings. The minimum Gasteiger partial charge on any atom is -0.496 e. The van der Waals surface area contributed by atoms with Crippen molar-refractivity contribution in [3.05, 3.63) is 22.2 Å². The number of rotatable bonds is 6. The lowest BCUT2D eigenvalue weighted by molar-refractivity contribution is 0.0291. The molecule has 23 heavy (non-hydrogen) atoms. The Labute approximate surface area is 147 Å². The first-order valence-electron chi connectivity index (χ1n) is 7.91. The van der Waals surface area contributed by atoms with Crippen LogP contribution in [0.25, 0.3) is 0 Å². The largest absolute Gasteiger partial charge is 0.496 e. The molecule has 0 aromatic heterocycles. The fourth-order valence-corrected chi connectivity index (χ4v) is 3.72. The number of piperazine rings is 1. The normalized spacial score (nSPS) is 17.8. The Kier molecular flexibility index (Phi) is 6.31. The van der Waals surface area contributed by atoms with Crippen LogP contribution in [0.15, 0.2) is 16.6 Å². The maximum Gasteiger partial charge on any atom is 0.133 e. The van der Waals surface area contributed by atoms with Crippen LogP contribution < -0.4 is 14.8 Å². The molecule has 1 aromatic carbocycles. The Morgan fingerprint density at radius 3 is 2.35 bits per heavy atom. The van der Waals surface area contributed by atoms with Crippen LogP contribution in [0.1, 0.15) is 25.5 Å². The highest BCUT2D eigenvalue weighted by molar-refractivity contribution is 9.10. The fourth-order valence-electron chi connectivity index (χ4n) is 3.24. The Morgan fingerprint density at radius 1 is 1.22 bits per heavy atom. The number of aliphatic hydroxyl groups excluding tert-OH is 1. The van der Waals surface area contributed by atoms with Gasteiger partial charge in [0.15, 0.2) is 0 Å². The molecular weight excluding hydrogens is 360 g/mol. The van der Waals surface area contributed by atoms with E-state index in [0.717, 1.165) is 47.7 Å². The van der Waals surface area contributed by atoms with Crippen molar-refractivity contribution in [2.45, 2.75) is 19.9 Å². The van der Waals surface area contributed by atoms with Crippen molar-refractivity contribution in [1.29, 1.82) is 0 Å². The van der Waals surface area contributed by atoms with E-state index in [1.54, 1.807) is 14.2 Å². The van der Waals surface area contributed by atoms with Gasteiger partial charge in [-0.15, -0.1) is 0 Å². The van der Waals surface area contributed by atoms with Gasteiger partial charge in [0.25, 0.3) is 0 Å². The van der Waals surface area contributed by atoms with Crippen LogP contribution in [-0.4, -0.2) is 57.0 Å². The first kappa shape index (κ1) is 18.5. The molecule has 1 aliphatic rings. The van der Waals surface area contributed by atoms with E-state index < -0.39 is 0 Å². The topological polar surface area (TPSA) is 54.0 Å². The number of methoxy groups -OCH3 is 2. The van der Waals surface area contributed by atoms with E-state index in [0.29, 0.717) is 0 Å². The zero-order chi connectivity index (χ0) is 17.0. The van der Waals surface area contributed by atoms with Gasteiger partial charge in [-0.05, 0) is 28.1 Å². The number of benzene rings is 1. The molecule has 0 saturated carbocycles. The fraction of sp³-hybridized carbons (Fsp3) is 0.647. The number of ether oxygens (including phenoxy) is 2. The lowest BCUT2D eigenvalue weighted by atomic mass is 9.79. The lowest BCUT2D eigenvalue weighted by Crippen LogP contribution is -2.49. The van der Waals surface area contributed by atoms with Crippen molar-refractivity contribution in [3.8, 4) is 11.5 Å². The van der Waals surface area contributed by atoms with E-state index in [4.69, 9.17) is 9.47 Å². The van der Waals surface area contributed by atoms with Crippen molar-refractivity contribution in [1.82, 2.24) is 10.2 Å². The number of nitrogens with one attached hydrogen (secondary N) is 1. The van der Waals surface area contributed by atoms with Crippen LogP contribution in [0.2, 0.25) is 0 Å². The quantitative estimate of drug-likeness (QED) is 0.786. The molecule has 0 spiro atoms. The molecule has 1 atom stereocenters. The lowest BCUT2D eigenvalue weighted by Gasteiger charge is -2.44. The summed E-state index contributed by atoms with van der Waals surface area (Å²) in [5.74, 6) is 1.58. The summed E-state index contributed by atoms with van der Waals surface area (Å²) < 4.78 is 12.0. The molecular formula is C17H27BrN2O3. The van der Waals surface area contributed by atoms with Crippen LogP contribution in [0.3, 0.4) is 0 Å². The molecule has 130 valence electrons. The Bertz CT molecular complexity index is 531. The van der Waals surface area contributed by atoms with Gasteiger partial charge in [0.2, 0.25) is 0 Å². The summed E-state index contributed by atoms with van der Waals surface area (Å²) in [7, 11) is 3.34. The molecule has 2 N–H and O–H groups in total. The summed E-state index contributed by atoms with van der Waals surface area (Å²) in [5, 5.41) is 13.4. The summed E-state index contributed by atoms with van der Waals surface area (Å²) in [6.45, 7) is 8.07. The van der Waals surface area contributed by atoms with Crippen LogP contribution in [0.4, 0.5) is 0 Å². The van der Waals surface area contributed by atoms with Crippen LogP contribution in [0, 0.1) is 5.41 Å². The van der Waals surface area contributed by atoms with Crippen molar-refractivity contribution in [2.24, 2.45) is 5.41 Å². The second-order valence-corrected chi connectivity index (χ2v) is 7.42. The Balaban J connectivity index is 2.53. The Morgan fingerprint density at radius 2 is 1.83 bits per heavy atom. The number of hydrogen-bond donors (Lipinski definition) is 2. The third-order valence-electron chi connectivity index (χ3n) is 4.46. The van der Waals surface area contributed by atoms with Crippen LogP contribution in [-0.2, 0) is 0 Å². The molecule has 1 heterocycles. The predicted molar refractivity (Wildman–Crippen MR) is 95.3 cm³/mol. The summed E-state index contributed by atoms with van der Waals surface area (Å²) in [6.07, 6.45) is 0. The highest BCUT2D eigenvalue weighted by atomic mass is 79.9. The monoisotopic (exact) mass is 386 g/mol. The minimum absolute atomic E-state index is 0.0477. The molecule has 0 unspecified atom stereocenters. The molecule has 1 saturated heterocycles. The van der Waals surface area contributed by atoms with E-state index in [1.165, 1.54) is 0 Å². The molecule has 0 bridgehead atoms. The average molecular weight is 387 g/mol. The smallest absolute Gasteiger partial charge is 0.133 e. The van der Waals surface area contributed by atoms with Crippen molar-refractivity contribution in [2.75, 3.05) is 47.0 Å². The van der Waals surface area contributed by atoms with Crippen molar-refractivity contribution in [3.63, 3.8) is 0 Å². The second-order valence-electron chi connectivity index (χ2n) is 6.56. The Hall–Kier alpha value is -0.820. The van der Waals surface area contributed by atoms with Gasteiger partial charge in [-0.1, -0.05) is 13.8 Å². The molecule has 1 aliphatic heterocycles. The first-order chi connectivity index (χ1) is 10.9. The number of hydrogen-bond acceptors (Lipinski definition) is 5. The van der Waals surface area contributed by atoms with E-state index in [9.17, 15) is 5.11 Å². The SMILES string of the molecule is COc1cc([C@@H](N2CCNCC2)C(C)(C)CO)c(OC)cc1Br. The maximum atomic E-state index is 9.98. The number of halogens is 1. The van der Waals surface area contributed by atoms with Crippen LogP contribution >= 0.6 is 15.9 Å². The number of nitrogens with zero attached hydrogens (tertiary/aromatic N) is 1. The standard InChI is InChI=1S/C17H27BrN2O3/c1-17(2,11-21)16(20-7-5-19-6-8-20)12-9-15(23-4)13(18)10-14(12)22-3/h9-10,16,19,21H,5-8,11H2,1-4H3/t16-/m1/s1. The highest BCUT2D eigenvalue weighted by Gasteiger charge is 2.37. The average Bonchev–Trinajstić information content (AvgIpc) is 2.56. The van der Waals surface area contributed by atoms with Gasteiger partial charge in [0, 0.05) is 49.8 Å². The van der Waals surface area contributed by atoms with Gasteiger partial charge >= 0.3 is 0 Å². The maximum absolute atomic E-state index is 9.98. The van der Waals surface area contributed by atoms with Crippen molar-refractivity contribution >= 4 is 15.9 Å². The summed E-state index contributed by atoms with van der Waals surface area (Å²) in [4.78, 5) is 2.41. The molecule has 0 amide bonds. The van der Waals surface area contributed by atoms with Gasteiger partial charge in [0.1, 0.15) is 11.5 Å². The third-order valence-corrected chi connectivity index (χ3v) is 5.08. The van der Waals surface area contributed by atoms with Gasteiger partial charge in [-0.25, -0.2) is 0 Å². The van der Waals surface area contributed by atoms with Gasteiger partial charge < -0.3 is 19.9 Å². The van der Waals surface area contributed by atoms with Gasteiger partial charge in [-0.3, -0.25) is 4.90 Å². The summed E-state index contributed by atoms with van der Waals surface area (Å²) in [5.41, 5.74) is 0.747. The zero-order valence-corrected chi connectivity index (χ0v) is 15.9. The minimum atomic E-state index is -0.302. The van der Waals surface area contributed by atoms with Crippen molar-refractivity contribution < 1.29 is 14.6 Å². The molecule has 0 radical (unpaired) electrons. The third kappa shape index (κ3) is 3.99. The van der Waals surface area contributed by atoms with Gasteiger partial charge in [-0.2, -0.15) is 0 Å². The van der Waals surface area contributed by atoms with E-state index in [-0.39, 0.29) is 18.1 Å². The molecule has 2 rings (SSSR count). The summed E-state index contributed by atoms with van der Waals surface area (Å²) >= 11 is 3.52. The number of aliphatic hydroxyl groups is 1. The first-order valence-corrected chi connectivity index (χ1v) is 8.71. The van der Waals surface area contributed by atoms with E-state index >= 15 is 0 Å². The molecule has 5 nitrogen and oxygen atoms in total. The molecule has 6 heteroatoms. The van der Waals surface area contributed by atoms with E-state index in [1.807, 2.05) is 12.1 Å². The summed E-state index contributed by atoms with van der Waals surface area (Å²) in [6, 6.07) is 4.01. The van der Waals surface area contributed by atoms with Gasteiger partial charge in [0.05, 0.1) is 18.7 Å². The van der Waals surface area contributed by atoms with E-state index in [2.05, 4.69) is 40.0 Å². The molecule has 1 fully saturated rings. The molecule has 0 aliphatic carbocycles. The second kappa shape index (κ2) is 7.83.